The van der Waals surface area contributed by atoms with Crippen molar-refractivity contribution in [1.82, 2.24) is 5.32 Å². The number of halogens is 2. The van der Waals surface area contributed by atoms with E-state index in [9.17, 15) is 23.2 Å². The van der Waals surface area contributed by atoms with E-state index in [1.54, 1.807) is 12.1 Å². The molecule has 0 aliphatic rings. The second-order valence-electron chi connectivity index (χ2n) is 5.04. The van der Waals surface area contributed by atoms with Gasteiger partial charge in [0.05, 0.1) is 11.1 Å². The number of Topliss-reactive ketones (excluding diaryl/α,β-unsaturated/α-hetero) is 1. The zero-order valence-electron chi connectivity index (χ0n) is 12.9. The molecule has 0 aromatic heterocycles. The summed E-state index contributed by atoms with van der Waals surface area (Å²) in [7, 11) is 0. The number of carbonyl (C=O) groups excluding carboxylic acids is 3. The van der Waals surface area contributed by atoms with Gasteiger partial charge in [0, 0.05) is 6.54 Å². The van der Waals surface area contributed by atoms with Crippen LogP contribution in [0.5, 0.6) is 0 Å². The molecule has 2 rings (SSSR count). The van der Waals surface area contributed by atoms with Gasteiger partial charge in [-0.25, -0.2) is 18.4 Å². The van der Waals surface area contributed by atoms with Gasteiger partial charge in [-0.15, -0.1) is 0 Å². The molecule has 0 saturated carbocycles. The average Bonchev–Trinajstić information content (AvgIpc) is 2.60. The smallest absolute Gasteiger partial charge is 0.338 e. The summed E-state index contributed by atoms with van der Waals surface area (Å²) < 4.78 is 31.3. The number of amides is 2. The number of ketones is 1. The van der Waals surface area contributed by atoms with Crippen molar-refractivity contribution in [3.05, 3.63) is 70.8 Å². The van der Waals surface area contributed by atoms with Crippen LogP contribution in [0.15, 0.2) is 42.5 Å². The zero-order chi connectivity index (χ0) is 18.4. The Morgan fingerprint density at radius 1 is 1.04 bits per heavy atom. The highest BCUT2D eigenvalue weighted by Gasteiger charge is 2.16. The molecule has 0 saturated heterocycles. The van der Waals surface area contributed by atoms with E-state index < -0.39 is 41.6 Å². The molecule has 3 N–H and O–H groups in total. The third kappa shape index (κ3) is 5.10. The fourth-order valence-electron chi connectivity index (χ4n) is 1.95. The van der Waals surface area contributed by atoms with Crippen molar-refractivity contribution in [2.75, 3.05) is 6.61 Å². The van der Waals surface area contributed by atoms with E-state index in [1.165, 1.54) is 12.1 Å². The fraction of sp³-hybridized carbons (Fsp3) is 0.118. The lowest BCUT2D eigenvalue weighted by Crippen LogP contribution is -2.28. The second-order valence-corrected chi connectivity index (χ2v) is 5.04. The van der Waals surface area contributed by atoms with Gasteiger partial charge in [-0.1, -0.05) is 12.1 Å². The van der Waals surface area contributed by atoms with Crippen molar-refractivity contribution in [2.45, 2.75) is 6.54 Å². The van der Waals surface area contributed by atoms with E-state index in [0.717, 1.165) is 18.2 Å². The lowest BCUT2D eigenvalue weighted by Gasteiger charge is -2.07. The number of primary amides is 1. The largest absolute Gasteiger partial charge is 0.454 e. The van der Waals surface area contributed by atoms with Crippen LogP contribution >= 0.6 is 0 Å². The number of hydrogen-bond donors (Lipinski definition) is 2. The average molecular weight is 348 g/mol. The van der Waals surface area contributed by atoms with Crippen molar-refractivity contribution in [1.29, 1.82) is 0 Å². The number of nitrogens with two attached hydrogens (primary N) is 1. The molecule has 0 fully saturated rings. The third-order valence-corrected chi connectivity index (χ3v) is 3.22. The number of hydrogen-bond acceptors (Lipinski definition) is 4. The summed E-state index contributed by atoms with van der Waals surface area (Å²) >= 11 is 0. The van der Waals surface area contributed by atoms with Crippen molar-refractivity contribution in [3.63, 3.8) is 0 Å². The molecule has 0 bridgehead atoms. The van der Waals surface area contributed by atoms with Gasteiger partial charge < -0.3 is 15.8 Å². The number of benzene rings is 2. The number of esters is 1. The summed E-state index contributed by atoms with van der Waals surface area (Å²) in [5.41, 5.74) is 5.33. The van der Waals surface area contributed by atoms with Gasteiger partial charge in [0.25, 0.3) is 0 Å². The highest BCUT2D eigenvalue weighted by atomic mass is 19.1. The number of ether oxygens (including phenoxy) is 1. The molecule has 0 atom stereocenters. The summed E-state index contributed by atoms with van der Waals surface area (Å²) in [6.45, 7) is -0.522. The van der Waals surface area contributed by atoms with E-state index in [4.69, 9.17) is 10.5 Å². The molecule has 25 heavy (non-hydrogen) atoms. The van der Waals surface area contributed by atoms with E-state index in [2.05, 4.69) is 5.32 Å². The predicted molar refractivity (Wildman–Crippen MR) is 83.8 cm³/mol. The molecule has 2 amide bonds. The maximum Gasteiger partial charge on any atom is 0.338 e. The molecule has 0 spiro atoms. The summed E-state index contributed by atoms with van der Waals surface area (Å²) in [5.74, 6) is -3.31. The molecule has 130 valence electrons. The number of rotatable bonds is 6. The molecule has 2 aromatic rings. The molecule has 0 aliphatic heterocycles. The summed E-state index contributed by atoms with van der Waals surface area (Å²) in [5, 5.41) is 2.39. The monoisotopic (exact) mass is 348 g/mol. The molecule has 0 radical (unpaired) electrons. The van der Waals surface area contributed by atoms with Crippen LogP contribution in [0, 0.1) is 11.6 Å². The van der Waals surface area contributed by atoms with Crippen LogP contribution in [-0.4, -0.2) is 24.4 Å². The van der Waals surface area contributed by atoms with E-state index in [1.807, 2.05) is 0 Å². The van der Waals surface area contributed by atoms with E-state index in [-0.39, 0.29) is 12.1 Å². The molecule has 8 heteroatoms. The van der Waals surface area contributed by atoms with Crippen LogP contribution in [-0.2, 0) is 11.3 Å². The Morgan fingerprint density at radius 3 is 2.36 bits per heavy atom. The molecule has 0 unspecified atom stereocenters. The quantitative estimate of drug-likeness (QED) is 0.617. The van der Waals surface area contributed by atoms with Gasteiger partial charge in [0.15, 0.2) is 6.61 Å². The minimum Gasteiger partial charge on any atom is -0.454 e. The number of urea groups is 1. The van der Waals surface area contributed by atoms with E-state index >= 15 is 0 Å². The number of carbonyl (C=O) groups is 3. The van der Waals surface area contributed by atoms with Gasteiger partial charge >= 0.3 is 12.0 Å². The minimum atomic E-state index is -0.895. The maximum atomic E-state index is 13.5. The molecule has 0 heterocycles. The summed E-state index contributed by atoms with van der Waals surface area (Å²) in [6.07, 6.45) is 0. The fourth-order valence-corrected chi connectivity index (χ4v) is 1.95. The Morgan fingerprint density at radius 2 is 1.72 bits per heavy atom. The van der Waals surface area contributed by atoms with Crippen LogP contribution in [0.1, 0.15) is 26.3 Å². The lowest BCUT2D eigenvalue weighted by atomic mass is 10.1. The molecular formula is C17H14F2N2O4. The Hall–Kier alpha value is -3.29. The highest BCUT2D eigenvalue weighted by molar-refractivity contribution is 5.99. The van der Waals surface area contributed by atoms with Gasteiger partial charge in [0.1, 0.15) is 11.6 Å². The first-order chi connectivity index (χ1) is 11.9. The van der Waals surface area contributed by atoms with Gasteiger partial charge in [0.2, 0.25) is 5.78 Å². The number of nitrogens with one attached hydrogen (secondary N) is 1. The van der Waals surface area contributed by atoms with E-state index in [0.29, 0.717) is 5.56 Å². The van der Waals surface area contributed by atoms with Crippen molar-refractivity contribution < 1.29 is 27.9 Å². The molecule has 2 aromatic carbocycles. The maximum absolute atomic E-state index is 13.5. The van der Waals surface area contributed by atoms with Crippen LogP contribution in [0.4, 0.5) is 13.6 Å². The Balaban J connectivity index is 1.94. The highest BCUT2D eigenvalue weighted by Crippen LogP contribution is 2.11. The zero-order valence-corrected chi connectivity index (χ0v) is 12.9. The first-order valence-corrected chi connectivity index (χ1v) is 7.14. The molecular weight excluding hydrogens is 334 g/mol. The molecule has 0 aliphatic carbocycles. The normalized spacial score (nSPS) is 10.2. The van der Waals surface area contributed by atoms with Crippen LogP contribution < -0.4 is 11.1 Å². The van der Waals surface area contributed by atoms with Crippen LogP contribution in [0.25, 0.3) is 0 Å². The Bertz CT molecular complexity index is 807. The SMILES string of the molecule is NC(=O)NCc1ccc(C(=O)OCC(=O)c2cc(F)ccc2F)cc1. The summed E-state index contributed by atoms with van der Waals surface area (Å²) in [6, 6.07) is 7.79. The van der Waals surface area contributed by atoms with Gasteiger partial charge in [-0.2, -0.15) is 0 Å². The van der Waals surface area contributed by atoms with Crippen molar-refractivity contribution in [2.24, 2.45) is 5.73 Å². The topological polar surface area (TPSA) is 98.5 Å². The standard InChI is InChI=1S/C17H14F2N2O4/c18-12-5-6-14(19)13(7-12)15(22)9-25-16(23)11-3-1-10(2-4-11)8-21-17(20)24/h1-7H,8-9H2,(H3,20,21,24). The first-order valence-electron chi connectivity index (χ1n) is 7.14. The van der Waals surface area contributed by atoms with Crippen molar-refractivity contribution in [3.8, 4) is 0 Å². The van der Waals surface area contributed by atoms with Gasteiger partial charge in [-0.05, 0) is 35.9 Å². The minimum absolute atomic E-state index is 0.162. The third-order valence-electron chi connectivity index (χ3n) is 3.22. The summed E-state index contributed by atoms with van der Waals surface area (Å²) in [4.78, 5) is 34.3. The van der Waals surface area contributed by atoms with Gasteiger partial charge in [-0.3, -0.25) is 4.79 Å². The predicted octanol–water partition coefficient (Wildman–Crippen LogP) is 2.17. The second kappa shape index (κ2) is 8.00. The van der Waals surface area contributed by atoms with Crippen LogP contribution in [0.3, 0.4) is 0 Å². The lowest BCUT2D eigenvalue weighted by molar-refractivity contribution is 0.0473. The Labute approximate surface area is 141 Å². The van der Waals surface area contributed by atoms with Crippen LogP contribution in [0.2, 0.25) is 0 Å². The van der Waals surface area contributed by atoms with Crippen molar-refractivity contribution >= 4 is 17.8 Å². The first kappa shape index (κ1) is 18.1. The molecule has 6 nitrogen and oxygen atoms in total. The Kier molecular flexibility index (Phi) is 5.78.